The second-order valence-corrected chi connectivity index (χ2v) is 14.0. The van der Waals surface area contributed by atoms with Gasteiger partial charge >= 0.3 is 0 Å². The summed E-state index contributed by atoms with van der Waals surface area (Å²) in [6, 6.07) is 6.19. The van der Waals surface area contributed by atoms with E-state index in [-0.39, 0.29) is 36.9 Å². The molecule has 0 bridgehead atoms. The number of thioether (sulfide) groups is 1. The Balaban J connectivity index is 1.46. The third-order valence-corrected chi connectivity index (χ3v) is 11.5. The molecule has 0 saturated carbocycles. The van der Waals surface area contributed by atoms with Crippen molar-refractivity contribution in [3.05, 3.63) is 48.6 Å². The summed E-state index contributed by atoms with van der Waals surface area (Å²) in [4.78, 5) is 48.9. The zero-order valence-corrected chi connectivity index (χ0v) is 25.5. The number of benzene rings is 1. The Labute approximate surface area is 250 Å². The number of likely N-dealkylation sites (tertiary alicyclic amines) is 1. The van der Waals surface area contributed by atoms with Gasteiger partial charge in [0, 0.05) is 24.4 Å². The molecule has 7 atom stereocenters. The maximum atomic E-state index is 14.8. The van der Waals surface area contributed by atoms with Gasteiger partial charge in [0.2, 0.25) is 17.7 Å². The Kier molecular flexibility index (Phi) is 7.45. The normalized spacial score (nSPS) is 32.2. The highest BCUT2D eigenvalue weighted by Gasteiger charge is 2.74. The first-order valence-corrected chi connectivity index (χ1v) is 15.9. The van der Waals surface area contributed by atoms with Crippen LogP contribution in [0.15, 0.2) is 48.6 Å². The van der Waals surface area contributed by atoms with Crippen molar-refractivity contribution in [1.82, 2.24) is 29.7 Å². The van der Waals surface area contributed by atoms with Crippen LogP contribution >= 0.6 is 11.8 Å². The van der Waals surface area contributed by atoms with Gasteiger partial charge < -0.3 is 19.8 Å². The van der Waals surface area contributed by atoms with Crippen molar-refractivity contribution in [3.8, 4) is 0 Å². The molecule has 1 unspecified atom stereocenters. The predicted molar refractivity (Wildman–Crippen MR) is 161 cm³/mol. The number of amides is 3. The second kappa shape index (κ2) is 10.8. The van der Waals surface area contributed by atoms with Gasteiger partial charge in [-0.15, -0.1) is 16.9 Å². The highest BCUT2D eigenvalue weighted by atomic mass is 32.2. The molecule has 0 aliphatic carbocycles. The first kappa shape index (κ1) is 28.9. The molecule has 3 amide bonds. The van der Waals surface area contributed by atoms with Crippen LogP contribution in [0.1, 0.15) is 40.5 Å². The number of rotatable bonds is 8. The quantitative estimate of drug-likeness (QED) is 0.469. The van der Waals surface area contributed by atoms with E-state index in [4.69, 9.17) is 0 Å². The molecule has 224 valence electrons. The van der Waals surface area contributed by atoms with Gasteiger partial charge in [-0.2, -0.15) is 0 Å². The number of aromatic nitrogens is 3. The largest absolute Gasteiger partial charge is 0.394 e. The maximum absolute atomic E-state index is 14.8. The van der Waals surface area contributed by atoms with E-state index in [0.717, 1.165) is 23.9 Å². The minimum Gasteiger partial charge on any atom is -0.394 e. The zero-order valence-electron chi connectivity index (χ0n) is 24.7. The number of aliphatic hydroxyl groups is 1. The molecule has 1 N–H and O–H groups in total. The average Bonchev–Trinajstić information content (AvgIpc) is 3.51. The molecule has 0 radical (unpaired) electrons. The standard InChI is InChI=1S/C31H40N6O4S/c1-5-15-34-16-9-13-30(4)24(27(34)39)25-28(40)37(23(18-38)20(3)6-2)26-29(41)35(17-10-14-31(25,26)42-30)19-36-22-12-8-7-11-21(22)32-33-36/h7-14,20,23-26,38H,5-6,15-19H2,1-4H3/t20-,23-,24+,25-,26?,30-,31-/m0/s1. The van der Waals surface area contributed by atoms with E-state index in [9.17, 15) is 19.5 Å². The van der Waals surface area contributed by atoms with Crippen LogP contribution in [0.2, 0.25) is 0 Å². The van der Waals surface area contributed by atoms with Crippen molar-refractivity contribution in [1.29, 1.82) is 0 Å². The summed E-state index contributed by atoms with van der Waals surface area (Å²) in [5.74, 6) is -1.84. The fraction of sp³-hybridized carbons (Fsp3) is 0.581. The molecule has 4 aliphatic heterocycles. The third kappa shape index (κ3) is 4.22. The van der Waals surface area contributed by atoms with Crippen molar-refractivity contribution in [3.63, 3.8) is 0 Å². The van der Waals surface area contributed by atoms with Crippen molar-refractivity contribution < 1.29 is 19.5 Å². The van der Waals surface area contributed by atoms with E-state index in [1.165, 1.54) is 0 Å². The smallest absolute Gasteiger partial charge is 0.248 e. The summed E-state index contributed by atoms with van der Waals surface area (Å²) < 4.78 is 0.0951. The van der Waals surface area contributed by atoms with E-state index in [0.29, 0.717) is 19.6 Å². The van der Waals surface area contributed by atoms with Crippen LogP contribution in [0.5, 0.6) is 0 Å². The summed E-state index contributed by atoms with van der Waals surface area (Å²) in [7, 11) is 0. The summed E-state index contributed by atoms with van der Waals surface area (Å²) >= 11 is 1.57. The Morgan fingerprint density at radius 2 is 1.76 bits per heavy atom. The first-order chi connectivity index (χ1) is 20.2. The molecule has 2 fully saturated rings. The molecule has 6 rings (SSSR count). The molecular formula is C31H40N6O4S. The van der Waals surface area contributed by atoms with Crippen LogP contribution in [0.4, 0.5) is 0 Å². The van der Waals surface area contributed by atoms with E-state index in [1.807, 2.05) is 75.1 Å². The number of fused-ring (bicyclic) bond motifs is 3. The fourth-order valence-electron chi connectivity index (χ4n) is 7.51. The van der Waals surface area contributed by atoms with E-state index >= 15 is 0 Å². The Morgan fingerprint density at radius 1 is 1.02 bits per heavy atom. The average molecular weight is 593 g/mol. The number of aliphatic hydroxyl groups excluding tert-OH is 1. The molecular weight excluding hydrogens is 552 g/mol. The number of carbonyl (C=O) groups is 3. The van der Waals surface area contributed by atoms with Crippen molar-refractivity contribution in [2.45, 2.75) is 68.8 Å². The number of nitrogens with zero attached hydrogens (tertiary/aromatic N) is 6. The van der Waals surface area contributed by atoms with Crippen LogP contribution in [0.3, 0.4) is 0 Å². The summed E-state index contributed by atoms with van der Waals surface area (Å²) in [6.07, 6.45) is 9.67. The lowest BCUT2D eigenvalue weighted by atomic mass is 9.74. The van der Waals surface area contributed by atoms with Gasteiger partial charge in [0.05, 0.1) is 34.7 Å². The lowest BCUT2D eigenvalue weighted by molar-refractivity contribution is -0.148. The second-order valence-electron chi connectivity index (χ2n) is 12.2. The molecule has 1 aromatic carbocycles. The van der Waals surface area contributed by atoms with Crippen LogP contribution in [-0.2, 0) is 21.1 Å². The Morgan fingerprint density at radius 3 is 2.50 bits per heavy atom. The summed E-state index contributed by atoms with van der Waals surface area (Å²) in [6.45, 7) is 9.48. The van der Waals surface area contributed by atoms with Gasteiger partial charge in [-0.1, -0.05) is 68.8 Å². The lowest BCUT2D eigenvalue weighted by Crippen LogP contribution is -2.58. The molecule has 42 heavy (non-hydrogen) atoms. The van der Waals surface area contributed by atoms with Crippen LogP contribution in [0, 0.1) is 17.8 Å². The first-order valence-electron chi connectivity index (χ1n) is 15.0. The van der Waals surface area contributed by atoms with Gasteiger partial charge in [-0.05, 0) is 31.4 Å². The van der Waals surface area contributed by atoms with E-state index < -0.39 is 33.4 Å². The predicted octanol–water partition coefficient (Wildman–Crippen LogP) is 2.69. The number of hydrogen-bond donors (Lipinski definition) is 1. The summed E-state index contributed by atoms with van der Waals surface area (Å²) in [5.41, 5.74) is 1.55. The van der Waals surface area contributed by atoms with Gasteiger partial charge in [0.1, 0.15) is 18.2 Å². The third-order valence-electron chi connectivity index (χ3n) is 9.73. The SMILES string of the molecule is CCCN1CC=C[C@]2(C)S[C@]34C=CCN(Cn5nnc6ccccc65)C(=O)C3N([C@@H](CO)[C@@H](C)CC)C(=O)[C@@H]4[C@@H]2C1=O. The minimum absolute atomic E-state index is 0.0344. The maximum Gasteiger partial charge on any atom is 0.248 e. The number of hydrogen-bond acceptors (Lipinski definition) is 7. The van der Waals surface area contributed by atoms with Crippen LogP contribution in [-0.4, -0.2) is 100 Å². The highest BCUT2D eigenvalue weighted by molar-refractivity contribution is 8.02. The van der Waals surface area contributed by atoms with Crippen molar-refractivity contribution in [2.24, 2.45) is 17.8 Å². The van der Waals surface area contributed by atoms with Gasteiger partial charge in [0.15, 0.2) is 0 Å². The molecule has 10 nitrogen and oxygen atoms in total. The van der Waals surface area contributed by atoms with E-state index in [1.54, 1.807) is 26.2 Å². The number of para-hydroxylation sites is 1. The van der Waals surface area contributed by atoms with Gasteiger partial charge in [0.25, 0.3) is 0 Å². The molecule has 1 spiro atoms. The summed E-state index contributed by atoms with van der Waals surface area (Å²) in [5, 5.41) is 19.2. The molecule has 4 aliphatic rings. The molecule has 5 heterocycles. The molecule has 2 aromatic rings. The van der Waals surface area contributed by atoms with Gasteiger partial charge in [-0.3, -0.25) is 14.4 Å². The van der Waals surface area contributed by atoms with Crippen molar-refractivity contribution >= 4 is 40.5 Å². The van der Waals surface area contributed by atoms with Gasteiger partial charge in [-0.25, -0.2) is 4.68 Å². The molecule has 11 heteroatoms. The van der Waals surface area contributed by atoms with Crippen molar-refractivity contribution in [2.75, 3.05) is 26.2 Å². The molecule has 2 saturated heterocycles. The fourth-order valence-corrected chi connectivity index (χ4v) is 9.66. The lowest BCUT2D eigenvalue weighted by Gasteiger charge is -2.41. The monoisotopic (exact) mass is 592 g/mol. The minimum atomic E-state index is -0.955. The zero-order chi connectivity index (χ0) is 29.8. The Hall–Kier alpha value is -3.18. The topological polar surface area (TPSA) is 112 Å². The van der Waals surface area contributed by atoms with Crippen LogP contribution in [0.25, 0.3) is 11.0 Å². The number of carbonyl (C=O) groups excluding carboxylic acids is 3. The molecule has 1 aromatic heterocycles. The highest BCUT2D eigenvalue weighted by Crippen LogP contribution is 2.66. The van der Waals surface area contributed by atoms with E-state index in [2.05, 4.69) is 16.4 Å². The van der Waals surface area contributed by atoms with Crippen LogP contribution < -0.4 is 0 Å². The Bertz CT molecular complexity index is 1460.